The number of benzene rings is 1. The first kappa shape index (κ1) is 18.0. The van der Waals surface area contributed by atoms with Gasteiger partial charge in [0.2, 0.25) is 0 Å². The number of carboxylic acid groups (broad SMARTS) is 1. The molecule has 0 fully saturated rings. The van der Waals surface area contributed by atoms with Crippen molar-refractivity contribution in [3.05, 3.63) is 35.9 Å². The Morgan fingerprint density at radius 1 is 1.14 bits per heavy atom. The lowest BCUT2D eigenvalue weighted by molar-refractivity contribution is -0.140. The zero-order valence-corrected chi connectivity index (χ0v) is 13.5. The van der Waals surface area contributed by atoms with Crippen LogP contribution in [0.25, 0.3) is 0 Å². The van der Waals surface area contributed by atoms with Gasteiger partial charge in [-0.1, -0.05) is 50.6 Å². The molecule has 3 unspecified atom stereocenters. The molecule has 1 aromatic carbocycles. The Morgan fingerprint density at radius 2 is 1.77 bits per heavy atom. The van der Waals surface area contributed by atoms with Crippen molar-refractivity contribution in [2.45, 2.75) is 52.1 Å². The molecule has 5 nitrogen and oxygen atoms in total. The Labute approximate surface area is 132 Å². The minimum Gasteiger partial charge on any atom is -0.480 e. The van der Waals surface area contributed by atoms with Crippen molar-refractivity contribution in [1.82, 2.24) is 10.6 Å². The normalized spacial score (nSPS) is 14.7. The second-order valence-corrected chi connectivity index (χ2v) is 5.74. The Kier molecular flexibility index (Phi) is 7.43. The number of carboxylic acids is 1. The number of amides is 2. The number of hydrogen-bond donors (Lipinski definition) is 3. The van der Waals surface area contributed by atoms with Crippen molar-refractivity contribution in [2.75, 3.05) is 0 Å². The maximum atomic E-state index is 11.9. The monoisotopic (exact) mass is 306 g/mol. The maximum absolute atomic E-state index is 11.9. The van der Waals surface area contributed by atoms with E-state index in [1.807, 2.05) is 39.0 Å². The van der Waals surface area contributed by atoms with Gasteiger partial charge >= 0.3 is 12.0 Å². The second kappa shape index (κ2) is 9.07. The fourth-order valence-corrected chi connectivity index (χ4v) is 2.19. The first-order valence-corrected chi connectivity index (χ1v) is 7.77. The highest BCUT2D eigenvalue weighted by molar-refractivity contribution is 5.82. The molecule has 3 N–H and O–H groups in total. The Morgan fingerprint density at radius 3 is 2.32 bits per heavy atom. The van der Waals surface area contributed by atoms with Crippen LogP contribution in [0.4, 0.5) is 4.79 Å². The molecule has 0 saturated carbocycles. The first-order valence-electron chi connectivity index (χ1n) is 7.77. The van der Waals surface area contributed by atoms with Crippen molar-refractivity contribution < 1.29 is 14.7 Å². The van der Waals surface area contributed by atoms with Gasteiger partial charge in [0.15, 0.2) is 0 Å². The van der Waals surface area contributed by atoms with Gasteiger partial charge < -0.3 is 15.7 Å². The molecule has 0 saturated heterocycles. The quantitative estimate of drug-likeness (QED) is 0.691. The summed E-state index contributed by atoms with van der Waals surface area (Å²) in [4.78, 5) is 23.1. The van der Waals surface area contributed by atoms with Crippen molar-refractivity contribution in [2.24, 2.45) is 5.92 Å². The molecule has 0 aromatic heterocycles. The van der Waals surface area contributed by atoms with E-state index in [1.165, 1.54) is 5.56 Å². The van der Waals surface area contributed by atoms with Crippen LogP contribution in [0.1, 0.15) is 39.2 Å². The molecule has 22 heavy (non-hydrogen) atoms. The van der Waals surface area contributed by atoms with E-state index < -0.39 is 18.0 Å². The van der Waals surface area contributed by atoms with Gasteiger partial charge in [-0.3, -0.25) is 0 Å². The van der Waals surface area contributed by atoms with Crippen LogP contribution in [-0.4, -0.2) is 29.2 Å². The number of carbonyl (C=O) groups is 2. The van der Waals surface area contributed by atoms with Crippen molar-refractivity contribution in [3.8, 4) is 0 Å². The Hall–Kier alpha value is -2.04. The van der Waals surface area contributed by atoms with Crippen LogP contribution in [0.2, 0.25) is 0 Å². The zero-order valence-electron chi connectivity index (χ0n) is 13.5. The highest BCUT2D eigenvalue weighted by Gasteiger charge is 2.25. The number of carbonyl (C=O) groups excluding carboxylic acids is 1. The van der Waals surface area contributed by atoms with Crippen molar-refractivity contribution >= 4 is 12.0 Å². The van der Waals surface area contributed by atoms with Crippen LogP contribution in [0.15, 0.2) is 30.3 Å². The lowest BCUT2D eigenvalue weighted by Gasteiger charge is -2.22. The number of hydrogen-bond acceptors (Lipinski definition) is 2. The van der Waals surface area contributed by atoms with Crippen LogP contribution >= 0.6 is 0 Å². The van der Waals surface area contributed by atoms with Gasteiger partial charge in [-0.05, 0) is 31.2 Å². The van der Waals surface area contributed by atoms with Crippen molar-refractivity contribution in [3.63, 3.8) is 0 Å². The predicted molar refractivity (Wildman–Crippen MR) is 86.8 cm³/mol. The molecular formula is C17H26N2O3. The van der Waals surface area contributed by atoms with E-state index >= 15 is 0 Å². The molecule has 5 heteroatoms. The van der Waals surface area contributed by atoms with E-state index in [-0.39, 0.29) is 12.0 Å². The zero-order chi connectivity index (χ0) is 16.5. The Balaban J connectivity index is 2.41. The third-order valence-electron chi connectivity index (χ3n) is 3.85. The summed E-state index contributed by atoms with van der Waals surface area (Å²) in [7, 11) is 0. The number of nitrogens with one attached hydrogen (secondary N) is 2. The minimum atomic E-state index is -0.999. The lowest BCUT2D eigenvalue weighted by atomic mass is 9.99. The average Bonchev–Trinajstić information content (AvgIpc) is 2.50. The largest absolute Gasteiger partial charge is 0.480 e. The highest BCUT2D eigenvalue weighted by atomic mass is 16.4. The Bertz CT molecular complexity index is 476. The first-order chi connectivity index (χ1) is 10.4. The number of urea groups is 1. The molecule has 0 aliphatic heterocycles. The SMILES string of the molecule is CCC(C)C(NC(=O)NC(C)CCc1ccccc1)C(=O)O. The van der Waals surface area contributed by atoms with Gasteiger partial charge in [0.05, 0.1) is 0 Å². The summed E-state index contributed by atoms with van der Waals surface area (Å²) in [5.41, 5.74) is 1.22. The van der Waals surface area contributed by atoms with E-state index in [0.717, 1.165) is 12.8 Å². The highest BCUT2D eigenvalue weighted by Crippen LogP contribution is 2.08. The minimum absolute atomic E-state index is 0.0217. The molecule has 2 amide bonds. The fourth-order valence-electron chi connectivity index (χ4n) is 2.19. The van der Waals surface area contributed by atoms with Crippen LogP contribution in [0.3, 0.4) is 0 Å². The summed E-state index contributed by atoms with van der Waals surface area (Å²) in [6.07, 6.45) is 2.37. The van der Waals surface area contributed by atoms with Crippen LogP contribution < -0.4 is 10.6 Å². The third-order valence-corrected chi connectivity index (χ3v) is 3.85. The molecule has 0 bridgehead atoms. The second-order valence-electron chi connectivity index (χ2n) is 5.74. The van der Waals surface area contributed by atoms with E-state index in [9.17, 15) is 9.59 Å². The molecule has 122 valence electrons. The van der Waals surface area contributed by atoms with Crippen molar-refractivity contribution in [1.29, 1.82) is 0 Å². The topological polar surface area (TPSA) is 78.4 Å². The van der Waals surface area contributed by atoms with Gasteiger partial charge in [0, 0.05) is 6.04 Å². The van der Waals surface area contributed by atoms with Crippen LogP contribution in [0, 0.1) is 5.92 Å². The van der Waals surface area contributed by atoms with Gasteiger partial charge in [-0.25, -0.2) is 9.59 Å². The lowest BCUT2D eigenvalue weighted by Crippen LogP contribution is -2.51. The predicted octanol–water partition coefficient (Wildman–Crippen LogP) is 2.81. The molecule has 0 aliphatic carbocycles. The summed E-state index contributed by atoms with van der Waals surface area (Å²) < 4.78 is 0. The summed E-state index contributed by atoms with van der Waals surface area (Å²) in [6.45, 7) is 5.64. The molecule has 1 aromatic rings. The number of aryl methyl sites for hydroxylation is 1. The molecule has 0 aliphatic rings. The summed E-state index contributed by atoms with van der Waals surface area (Å²) in [5, 5.41) is 14.5. The van der Waals surface area contributed by atoms with E-state index in [0.29, 0.717) is 6.42 Å². The van der Waals surface area contributed by atoms with Gasteiger partial charge in [-0.15, -0.1) is 0 Å². The van der Waals surface area contributed by atoms with Gasteiger partial charge in [0.1, 0.15) is 6.04 Å². The number of aliphatic carboxylic acids is 1. The van der Waals surface area contributed by atoms with E-state index in [1.54, 1.807) is 0 Å². The average molecular weight is 306 g/mol. The summed E-state index contributed by atoms with van der Waals surface area (Å²) in [5.74, 6) is -1.11. The van der Waals surface area contributed by atoms with Gasteiger partial charge in [0.25, 0.3) is 0 Å². The van der Waals surface area contributed by atoms with E-state index in [2.05, 4.69) is 22.8 Å². The molecule has 1 rings (SSSR count). The van der Waals surface area contributed by atoms with Crippen LogP contribution in [-0.2, 0) is 11.2 Å². The van der Waals surface area contributed by atoms with E-state index in [4.69, 9.17) is 5.11 Å². The molecule has 3 atom stereocenters. The third kappa shape index (κ3) is 6.16. The molecule has 0 spiro atoms. The standard InChI is InChI=1S/C17H26N2O3/c1-4-12(2)15(16(20)21)19-17(22)18-13(3)10-11-14-8-6-5-7-9-14/h5-9,12-13,15H,4,10-11H2,1-3H3,(H,20,21)(H2,18,19,22). The molecule has 0 radical (unpaired) electrons. The maximum Gasteiger partial charge on any atom is 0.326 e. The van der Waals surface area contributed by atoms with Crippen LogP contribution in [0.5, 0.6) is 0 Å². The molecular weight excluding hydrogens is 280 g/mol. The smallest absolute Gasteiger partial charge is 0.326 e. The fraction of sp³-hybridized carbons (Fsp3) is 0.529. The summed E-state index contributed by atoms with van der Waals surface area (Å²) >= 11 is 0. The molecule has 0 heterocycles. The number of rotatable bonds is 8. The summed E-state index contributed by atoms with van der Waals surface area (Å²) in [6, 6.07) is 8.76. The van der Waals surface area contributed by atoms with Gasteiger partial charge in [-0.2, -0.15) is 0 Å².